The van der Waals surface area contributed by atoms with Gasteiger partial charge in [0.2, 0.25) is 21.8 Å². The van der Waals surface area contributed by atoms with Crippen LogP contribution in [0.15, 0.2) is 36.4 Å². The Morgan fingerprint density at radius 3 is 2.36 bits per heavy atom. The van der Waals surface area contributed by atoms with Crippen LogP contribution in [0.4, 0.5) is 5.69 Å². The molecule has 39 heavy (non-hydrogen) atoms. The lowest BCUT2D eigenvalue weighted by molar-refractivity contribution is -0.140. The summed E-state index contributed by atoms with van der Waals surface area (Å²) >= 11 is 18.6. The maximum absolute atomic E-state index is 13.5. The quantitative estimate of drug-likeness (QED) is 0.330. The lowest BCUT2D eigenvalue weighted by atomic mass is 10.1. The van der Waals surface area contributed by atoms with E-state index in [1.165, 1.54) is 22.4 Å². The van der Waals surface area contributed by atoms with Gasteiger partial charge in [0.25, 0.3) is 0 Å². The van der Waals surface area contributed by atoms with E-state index in [-0.39, 0.29) is 48.8 Å². The van der Waals surface area contributed by atoms with Crippen molar-refractivity contribution in [1.29, 1.82) is 0 Å². The number of nitrogens with zero attached hydrogens (tertiary/aromatic N) is 2. The van der Waals surface area contributed by atoms with Gasteiger partial charge in [-0.15, -0.1) is 0 Å². The third kappa shape index (κ3) is 8.64. The fourth-order valence-electron chi connectivity index (χ4n) is 4.62. The van der Waals surface area contributed by atoms with Gasteiger partial charge in [0, 0.05) is 35.6 Å². The lowest BCUT2D eigenvalue weighted by Gasteiger charge is -2.30. The average molecular weight is 619 g/mol. The van der Waals surface area contributed by atoms with E-state index in [1.54, 1.807) is 37.3 Å². The zero-order valence-electron chi connectivity index (χ0n) is 22.3. The number of carbonyl (C=O) groups is 2. The van der Waals surface area contributed by atoms with Crippen LogP contribution in [0, 0.1) is 0 Å². The molecule has 0 heterocycles. The summed E-state index contributed by atoms with van der Waals surface area (Å²) in [5.41, 5.74) is 1.02. The first-order chi connectivity index (χ1) is 18.4. The molecule has 2 aromatic rings. The van der Waals surface area contributed by atoms with Gasteiger partial charge in [-0.2, -0.15) is 0 Å². The lowest BCUT2D eigenvalue weighted by Crippen LogP contribution is -2.49. The number of ether oxygens (including phenoxy) is 1. The zero-order chi connectivity index (χ0) is 28.7. The molecule has 8 nitrogen and oxygen atoms in total. The predicted octanol–water partition coefficient (Wildman–Crippen LogP) is 5.68. The van der Waals surface area contributed by atoms with Crippen molar-refractivity contribution in [1.82, 2.24) is 10.2 Å². The highest BCUT2D eigenvalue weighted by Crippen LogP contribution is 2.30. The molecule has 1 aliphatic carbocycles. The van der Waals surface area contributed by atoms with Crippen molar-refractivity contribution in [3.05, 3.63) is 57.0 Å². The minimum atomic E-state index is -3.66. The van der Waals surface area contributed by atoms with E-state index in [2.05, 4.69) is 5.32 Å². The topological polar surface area (TPSA) is 96.0 Å². The van der Waals surface area contributed by atoms with E-state index >= 15 is 0 Å². The van der Waals surface area contributed by atoms with Crippen LogP contribution < -0.4 is 14.4 Å². The molecule has 1 fully saturated rings. The number of sulfonamides is 1. The molecule has 12 heteroatoms. The van der Waals surface area contributed by atoms with Crippen LogP contribution in [-0.2, 0) is 26.2 Å². The first-order valence-corrected chi connectivity index (χ1v) is 15.7. The molecule has 1 unspecified atom stereocenters. The number of carbonyl (C=O) groups excluding carboxylic acids is 2. The molecule has 2 amide bonds. The molecule has 0 radical (unpaired) electrons. The Hall–Kier alpha value is -2.20. The summed E-state index contributed by atoms with van der Waals surface area (Å²) in [7, 11) is -2.19. The second kappa shape index (κ2) is 13.9. The minimum absolute atomic E-state index is 0.0160. The molecule has 0 saturated heterocycles. The predicted molar refractivity (Wildman–Crippen MR) is 156 cm³/mol. The number of rotatable bonds is 12. The summed E-state index contributed by atoms with van der Waals surface area (Å²) in [6, 6.07) is 9.04. The second-order valence-electron chi connectivity index (χ2n) is 9.68. The Labute approximate surface area is 245 Å². The largest absolute Gasteiger partial charge is 0.495 e. The molecule has 3 rings (SSSR count). The van der Waals surface area contributed by atoms with E-state index in [0.29, 0.717) is 27.0 Å². The summed E-state index contributed by atoms with van der Waals surface area (Å²) in [6.07, 6.45) is 5.31. The summed E-state index contributed by atoms with van der Waals surface area (Å²) in [5, 5.41) is 4.19. The number of hydrogen-bond donors (Lipinski definition) is 1. The average Bonchev–Trinajstić information content (AvgIpc) is 3.38. The van der Waals surface area contributed by atoms with Crippen molar-refractivity contribution < 1.29 is 22.7 Å². The summed E-state index contributed by atoms with van der Waals surface area (Å²) in [4.78, 5) is 28.1. The monoisotopic (exact) mass is 617 g/mol. The smallest absolute Gasteiger partial charge is 0.242 e. The SMILES string of the molecule is COc1ccc(N(CCCC(=O)N(Cc2ccc(Cl)cc2Cl)C(C)C(=O)NC2CCCC2)S(C)(=O)=O)cc1Cl. The van der Waals surface area contributed by atoms with E-state index in [4.69, 9.17) is 39.5 Å². The third-order valence-electron chi connectivity index (χ3n) is 6.80. The van der Waals surface area contributed by atoms with Crippen molar-refractivity contribution in [2.24, 2.45) is 0 Å². The van der Waals surface area contributed by atoms with Crippen LogP contribution in [-0.4, -0.2) is 57.1 Å². The molecule has 1 N–H and O–H groups in total. The molecule has 1 atom stereocenters. The van der Waals surface area contributed by atoms with Gasteiger partial charge in [-0.05, 0) is 62.1 Å². The molecular formula is C27H34Cl3N3O5S. The third-order valence-corrected chi connectivity index (χ3v) is 8.88. The van der Waals surface area contributed by atoms with Gasteiger partial charge in [0.05, 0.1) is 24.1 Å². The van der Waals surface area contributed by atoms with E-state index in [9.17, 15) is 18.0 Å². The van der Waals surface area contributed by atoms with Crippen molar-refractivity contribution in [2.75, 3.05) is 24.2 Å². The van der Waals surface area contributed by atoms with E-state index in [0.717, 1.165) is 31.9 Å². The first kappa shape index (κ1) is 31.3. The van der Waals surface area contributed by atoms with Crippen molar-refractivity contribution >= 4 is 62.3 Å². The molecule has 1 saturated carbocycles. The Bertz CT molecular complexity index is 1290. The fraction of sp³-hybridized carbons (Fsp3) is 0.481. The molecular weight excluding hydrogens is 585 g/mol. The van der Waals surface area contributed by atoms with Gasteiger partial charge in [-0.25, -0.2) is 8.42 Å². The van der Waals surface area contributed by atoms with Crippen LogP contribution >= 0.6 is 34.8 Å². The molecule has 214 valence electrons. The van der Waals surface area contributed by atoms with E-state index in [1.807, 2.05) is 0 Å². The number of nitrogens with one attached hydrogen (secondary N) is 1. The fourth-order valence-corrected chi connectivity index (χ4v) is 6.30. The molecule has 2 aromatic carbocycles. The van der Waals surface area contributed by atoms with Gasteiger partial charge in [0.15, 0.2) is 0 Å². The summed E-state index contributed by atoms with van der Waals surface area (Å²) < 4.78 is 31.5. The Kier molecular flexibility index (Phi) is 11.2. The first-order valence-electron chi connectivity index (χ1n) is 12.8. The van der Waals surface area contributed by atoms with Gasteiger partial charge in [-0.1, -0.05) is 53.7 Å². The van der Waals surface area contributed by atoms with Crippen LogP contribution in [0.5, 0.6) is 5.75 Å². The maximum Gasteiger partial charge on any atom is 0.242 e. The number of amides is 2. The molecule has 0 aromatic heterocycles. The molecule has 1 aliphatic rings. The van der Waals surface area contributed by atoms with Crippen LogP contribution in [0.25, 0.3) is 0 Å². The van der Waals surface area contributed by atoms with Crippen LogP contribution in [0.1, 0.15) is 51.0 Å². The molecule has 0 bridgehead atoms. The minimum Gasteiger partial charge on any atom is -0.495 e. The maximum atomic E-state index is 13.5. The highest BCUT2D eigenvalue weighted by atomic mass is 35.5. The zero-order valence-corrected chi connectivity index (χ0v) is 25.3. The number of halogens is 3. The Morgan fingerprint density at radius 1 is 1.08 bits per heavy atom. The molecule has 0 spiro atoms. The second-order valence-corrected chi connectivity index (χ2v) is 12.8. The number of anilines is 1. The van der Waals surface area contributed by atoms with Crippen molar-refractivity contribution in [3.63, 3.8) is 0 Å². The molecule has 0 aliphatic heterocycles. The Balaban J connectivity index is 1.75. The van der Waals surface area contributed by atoms with Crippen molar-refractivity contribution in [3.8, 4) is 5.75 Å². The van der Waals surface area contributed by atoms with Crippen LogP contribution in [0.3, 0.4) is 0 Å². The number of benzene rings is 2. The van der Waals surface area contributed by atoms with Gasteiger partial charge >= 0.3 is 0 Å². The van der Waals surface area contributed by atoms with Gasteiger partial charge < -0.3 is 15.0 Å². The number of hydrogen-bond acceptors (Lipinski definition) is 5. The summed E-state index contributed by atoms with van der Waals surface area (Å²) in [5.74, 6) is -0.104. The van der Waals surface area contributed by atoms with Gasteiger partial charge in [0.1, 0.15) is 11.8 Å². The highest BCUT2D eigenvalue weighted by molar-refractivity contribution is 7.92. The van der Waals surface area contributed by atoms with Gasteiger partial charge in [-0.3, -0.25) is 13.9 Å². The normalized spacial score (nSPS) is 14.6. The van der Waals surface area contributed by atoms with Crippen molar-refractivity contribution in [2.45, 2.75) is 64.1 Å². The van der Waals surface area contributed by atoms with E-state index < -0.39 is 16.1 Å². The Morgan fingerprint density at radius 2 is 1.77 bits per heavy atom. The standard InChI is InChI=1S/C27H34Cl3N3O5S/c1-18(27(35)31-21-7-4-5-8-21)32(17-19-10-11-20(28)15-23(19)29)26(34)9-6-14-33(39(3,36)37)22-12-13-25(38-2)24(30)16-22/h10-13,15-16,18,21H,4-9,14,17H2,1-3H3,(H,31,35). The number of methoxy groups -OCH3 is 1. The van der Waals surface area contributed by atoms with Crippen LogP contribution in [0.2, 0.25) is 15.1 Å². The highest BCUT2D eigenvalue weighted by Gasteiger charge is 2.29. The summed E-state index contributed by atoms with van der Waals surface area (Å²) in [6.45, 7) is 1.84.